The summed E-state index contributed by atoms with van der Waals surface area (Å²) in [6.45, 7) is 4.13. The van der Waals surface area contributed by atoms with Crippen LogP contribution in [-0.4, -0.2) is 23.3 Å². The first-order valence-electron chi connectivity index (χ1n) is 5.94. The van der Waals surface area contributed by atoms with Crippen LogP contribution in [0, 0.1) is 0 Å². The van der Waals surface area contributed by atoms with Crippen molar-refractivity contribution in [2.45, 2.75) is 19.9 Å². The molecule has 0 amide bonds. The summed E-state index contributed by atoms with van der Waals surface area (Å²) >= 11 is 0. The summed E-state index contributed by atoms with van der Waals surface area (Å²) in [5.74, 6) is 1.58. The van der Waals surface area contributed by atoms with Gasteiger partial charge in [0.1, 0.15) is 11.6 Å². The van der Waals surface area contributed by atoms with Gasteiger partial charge in [-0.1, -0.05) is 12.1 Å². The van der Waals surface area contributed by atoms with E-state index in [-0.39, 0.29) is 0 Å². The minimum absolute atomic E-state index is 0.344. The van der Waals surface area contributed by atoms with Gasteiger partial charge in [0.2, 0.25) is 0 Å². The van der Waals surface area contributed by atoms with Gasteiger partial charge in [0.15, 0.2) is 0 Å². The van der Waals surface area contributed by atoms with Crippen molar-refractivity contribution in [2.24, 2.45) is 0 Å². The number of hydrogen-bond acceptors (Lipinski definition) is 4. The molecule has 0 aliphatic heterocycles. The molecular formula is C14H17N3O. The van der Waals surface area contributed by atoms with Gasteiger partial charge in [-0.3, -0.25) is 0 Å². The molecule has 0 aliphatic rings. The Labute approximate surface area is 107 Å². The largest absolute Gasteiger partial charge is 0.496 e. The smallest absolute Gasteiger partial charge is 0.148 e. The van der Waals surface area contributed by atoms with E-state index in [0.717, 1.165) is 22.8 Å². The molecule has 1 N–H and O–H groups in total. The van der Waals surface area contributed by atoms with Crippen LogP contribution in [0.4, 0.5) is 5.82 Å². The number of nitrogens with one attached hydrogen (secondary N) is 1. The SMILES string of the molecule is COc1ccccc1-c1ccc(NC(C)C)nn1. The van der Waals surface area contributed by atoms with E-state index in [2.05, 4.69) is 29.4 Å². The molecule has 2 aromatic rings. The van der Waals surface area contributed by atoms with Crippen LogP contribution in [0.15, 0.2) is 36.4 Å². The number of aromatic nitrogens is 2. The highest BCUT2D eigenvalue weighted by Crippen LogP contribution is 2.27. The van der Waals surface area contributed by atoms with Gasteiger partial charge in [-0.05, 0) is 38.1 Å². The van der Waals surface area contributed by atoms with E-state index in [1.165, 1.54) is 0 Å². The molecule has 0 unspecified atom stereocenters. The maximum Gasteiger partial charge on any atom is 0.148 e. The summed E-state index contributed by atoms with van der Waals surface area (Å²) in [4.78, 5) is 0. The molecule has 0 saturated carbocycles. The summed E-state index contributed by atoms with van der Waals surface area (Å²) in [5, 5.41) is 11.6. The Morgan fingerprint density at radius 3 is 2.44 bits per heavy atom. The lowest BCUT2D eigenvalue weighted by Gasteiger charge is -2.10. The fourth-order valence-corrected chi connectivity index (χ4v) is 1.70. The first kappa shape index (κ1) is 12.4. The third-order valence-corrected chi connectivity index (χ3v) is 2.48. The van der Waals surface area contributed by atoms with Crippen molar-refractivity contribution in [3.05, 3.63) is 36.4 Å². The summed E-state index contributed by atoms with van der Waals surface area (Å²) in [6, 6.07) is 12.0. The van der Waals surface area contributed by atoms with Gasteiger partial charge in [-0.15, -0.1) is 10.2 Å². The van der Waals surface area contributed by atoms with Crippen molar-refractivity contribution in [1.82, 2.24) is 10.2 Å². The second-order valence-corrected chi connectivity index (χ2v) is 4.30. The Hall–Kier alpha value is -2.10. The summed E-state index contributed by atoms with van der Waals surface area (Å²) in [7, 11) is 1.65. The monoisotopic (exact) mass is 243 g/mol. The average Bonchev–Trinajstić information content (AvgIpc) is 2.39. The van der Waals surface area contributed by atoms with E-state index >= 15 is 0 Å². The summed E-state index contributed by atoms with van der Waals surface area (Å²) in [6.07, 6.45) is 0. The second kappa shape index (κ2) is 5.49. The highest BCUT2D eigenvalue weighted by molar-refractivity contribution is 5.67. The molecule has 0 radical (unpaired) electrons. The van der Waals surface area contributed by atoms with E-state index in [4.69, 9.17) is 4.74 Å². The van der Waals surface area contributed by atoms with E-state index in [9.17, 15) is 0 Å². The van der Waals surface area contributed by atoms with Crippen molar-refractivity contribution in [3.63, 3.8) is 0 Å². The van der Waals surface area contributed by atoms with Gasteiger partial charge in [0, 0.05) is 11.6 Å². The highest BCUT2D eigenvalue weighted by Gasteiger charge is 2.07. The molecule has 2 rings (SSSR count). The van der Waals surface area contributed by atoms with E-state index in [1.54, 1.807) is 7.11 Å². The molecule has 18 heavy (non-hydrogen) atoms. The van der Waals surface area contributed by atoms with E-state index in [1.807, 2.05) is 36.4 Å². The molecule has 0 saturated heterocycles. The molecule has 1 aromatic heterocycles. The molecule has 94 valence electrons. The number of rotatable bonds is 4. The van der Waals surface area contributed by atoms with Crippen LogP contribution in [0.1, 0.15) is 13.8 Å². The van der Waals surface area contributed by atoms with Crippen LogP contribution >= 0.6 is 0 Å². The molecule has 0 fully saturated rings. The van der Waals surface area contributed by atoms with Gasteiger partial charge >= 0.3 is 0 Å². The van der Waals surface area contributed by atoms with Gasteiger partial charge in [0.05, 0.1) is 12.8 Å². The lowest BCUT2D eigenvalue weighted by Crippen LogP contribution is -2.11. The zero-order valence-corrected chi connectivity index (χ0v) is 10.8. The third kappa shape index (κ3) is 2.77. The minimum Gasteiger partial charge on any atom is -0.496 e. The summed E-state index contributed by atoms with van der Waals surface area (Å²) < 4.78 is 5.31. The molecule has 0 aliphatic carbocycles. The average molecular weight is 243 g/mol. The van der Waals surface area contributed by atoms with Gasteiger partial charge < -0.3 is 10.1 Å². The van der Waals surface area contributed by atoms with E-state index < -0.39 is 0 Å². The normalized spacial score (nSPS) is 10.4. The number of hydrogen-bond donors (Lipinski definition) is 1. The topological polar surface area (TPSA) is 47.0 Å². The molecule has 4 nitrogen and oxygen atoms in total. The minimum atomic E-state index is 0.344. The lowest BCUT2D eigenvalue weighted by molar-refractivity contribution is 0.416. The zero-order chi connectivity index (χ0) is 13.0. The maximum absolute atomic E-state index is 5.31. The van der Waals surface area contributed by atoms with Crippen LogP contribution in [0.5, 0.6) is 5.75 Å². The third-order valence-electron chi connectivity index (χ3n) is 2.48. The van der Waals surface area contributed by atoms with Crippen LogP contribution in [0.3, 0.4) is 0 Å². The van der Waals surface area contributed by atoms with Gasteiger partial charge in [-0.25, -0.2) is 0 Å². The predicted molar refractivity (Wildman–Crippen MR) is 72.8 cm³/mol. The number of anilines is 1. The van der Waals surface area contributed by atoms with Crippen molar-refractivity contribution in [1.29, 1.82) is 0 Å². The fourth-order valence-electron chi connectivity index (χ4n) is 1.70. The number of nitrogens with zero attached hydrogens (tertiary/aromatic N) is 2. The van der Waals surface area contributed by atoms with Crippen molar-refractivity contribution >= 4 is 5.82 Å². The Kier molecular flexibility index (Phi) is 3.77. The predicted octanol–water partition coefficient (Wildman–Crippen LogP) is 2.97. The molecule has 0 atom stereocenters. The quantitative estimate of drug-likeness (QED) is 0.896. The molecule has 1 aromatic carbocycles. The Bertz CT molecular complexity index is 509. The van der Waals surface area contributed by atoms with E-state index in [0.29, 0.717) is 6.04 Å². The first-order valence-corrected chi connectivity index (χ1v) is 5.94. The van der Waals surface area contributed by atoms with Gasteiger partial charge in [0.25, 0.3) is 0 Å². The molecule has 4 heteroatoms. The Balaban J connectivity index is 2.28. The summed E-state index contributed by atoms with van der Waals surface area (Å²) in [5.41, 5.74) is 1.75. The first-order chi connectivity index (χ1) is 8.70. The number of para-hydroxylation sites is 1. The zero-order valence-electron chi connectivity index (χ0n) is 10.8. The highest BCUT2D eigenvalue weighted by atomic mass is 16.5. The molecule has 1 heterocycles. The Morgan fingerprint density at radius 1 is 1.06 bits per heavy atom. The second-order valence-electron chi connectivity index (χ2n) is 4.30. The molecular weight excluding hydrogens is 226 g/mol. The van der Waals surface area contributed by atoms with Crippen molar-refractivity contribution < 1.29 is 4.74 Å². The number of methoxy groups -OCH3 is 1. The standard InChI is InChI=1S/C14H17N3O/c1-10(2)15-14-9-8-12(16-17-14)11-6-4-5-7-13(11)18-3/h4-10H,1-3H3,(H,15,17). The maximum atomic E-state index is 5.31. The van der Waals surface area contributed by atoms with Crippen molar-refractivity contribution in [3.8, 4) is 17.0 Å². The lowest BCUT2D eigenvalue weighted by atomic mass is 10.1. The fraction of sp³-hybridized carbons (Fsp3) is 0.286. The van der Waals surface area contributed by atoms with Crippen LogP contribution in [0.25, 0.3) is 11.3 Å². The van der Waals surface area contributed by atoms with Crippen LogP contribution in [0.2, 0.25) is 0 Å². The molecule has 0 bridgehead atoms. The van der Waals surface area contributed by atoms with Gasteiger partial charge in [-0.2, -0.15) is 0 Å². The Morgan fingerprint density at radius 2 is 1.83 bits per heavy atom. The van der Waals surface area contributed by atoms with Crippen LogP contribution in [-0.2, 0) is 0 Å². The number of ether oxygens (including phenoxy) is 1. The van der Waals surface area contributed by atoms with Crippen molar-refractivity contribution in [2.75, 3.05) is 12.4 Å². The molecule has 0 spiro atoms. The van der Waals surface area contributed by atoms with Crippen LogP contribution < -0.4 is 10.1 Å². The number of benzene rings is 1.